The predicted octanol–water partition coefficient (Wildman–Crippen LogP) is 3.29. The smallest absolute Gasteiger partial charge is 0.107 e. The highest BCUT2D eigenvalue weighted by Gasteiger charge is 2.26. The van der Waals surface area contributed by atoms with E-state index in [9.17, 15) is 0 Å². The second kappa shape index (κ2) is 6.26. The van der Waals surface area contributed by atoms with Crippen molar-refractivity contribution >= 4 is 11.3 Å². The lowest BCUT2D eigenvalue weighted by atomic mass is 10.0. The lowest BCUT2D eigenvalue weighted by molar-refractivity contribution is 0.133. The number of hydrogen-bond acceptors (Lipinski definition) is 4. The Morgan fingerprint density at radius 2 is 2.05 bits per heavy atom. The third kappa shape index (κ3) is 3.34. The number of piperazine rings is 1. The SMILES string of the molecule is Cc1nc(CN2CC(c3ccccc3)NCC2C)sc1C. The minimum absolute atomic E-state index is 0.421. The number of nitrogens with one attached hydrogen (secondary N) is 1. The molecule has 1 fully saturated rings. The number of hydrogen-bond donors (Lipinski definition) is 1. The summed E-state index contributed by atoms with van der Waals surface area (Å²) in [6, 6.07) is 11.7. The zero-order valence-corrected chi connectivity index (χ0v) is 13.8. The molecule has 1 aromatic heterocycles. The summed E-state index contributed by atoms with van der Waals surface area (Å²) in [4.78, 5) is 8.58. The Hall–Kier alpha value is -1.23. The molecule has 1 aliphatic rings. The van der Waals surface area contributed by atoms with Crippen LogP contribution in [-0.2, 0) is 6.54 Å². The predicted molar refractivity (Wildman–Crippen MR) is 88.6 cm³/mol. The van der Waals surface area contributed by atoms with Crippen molar-refractivity contribution in [2.45, 2.75) is 39.4 Å². The van der Waals surface area contributed by atoms with Gasteiger partial charge in [-0.2, -0.15) is 0 Å². The second-order valence-electron chi connectivity index (χ2n) is 5.90. The van der Waals surface area contributed by atoms with Crippen LogP contribution in [0.2, 0.25) is 0 Å². The van der Waals surface area contributed by atoms with E-state index in [4.69, 9.17) is 4.98 Å². The Morgan fingerprint density at radius 3 is 2.71 bits per heavy atom. The van der Waals surface area contributed by atoms with Crippen LogP contribution in [0, 0.1) is 13.8 Å². The van der Waals surface area contributed by atoms with E-state index in [0.717, 1.165) is 19.6 Å². The number of aromatic nitrogens is 1. The summed E-state index contributed by atoms with van der Waals surface area (Å²) >= 11 is 1.83. The van der Waals surface area contributed by atoms with Crippen LogP contribution in [0.25, 0.3) is 0 Å². The molecular weight excluding hydrogens is 278 g/mol. The standard InChI is InChI=1S/C17H23N3S/c1-12-9-18-16(15-7-5-4-6-8-15)10-20(12)11-17-19-13(2)14(3)21-17/h4-8,12,16,18H,9-11H2,1-3H3. The van der Waals surface area contributed by atoms with E-state index in [0.29, 0.717) is 12.1 Å². The van der Waals surface area contributed by atoms with Crippen LogP contribution >= 0.6 is 11.3 Å². The van der Waals surface area contributed by atoms with Crippen molar-refractivity contribution in [2.24, 2.45) is 0 Å². The highest BCUT2D eigenvalue weighted by molar-refractivity contribution is 7.11. The maximum atomic E-state index is 4.69. The molecule has 1 aliphatic heterocycles. The molecule has 3 nitrogen and oxygen atoms in total. The van der Waals surface area contributed by atoms with Gasteiger partial charge in [-0.3, -0.25) is 4.90 Å². The van der Waals surface area contributed by atoms with Crippen molar-refractivity contribution < 1.29 is 0 Å². The molecule has 2 heterocycles. The average Bonchev–Trinajstić information content (AvgIpc) is 2.80. The fourth-order valence-electron chi connectivity index (χ4n) is 2.83. The highest BCUT2D eigenvalue weighted by atomic mass is 32.1. The van der Waals surface area contributed by atoms with Crippen LogP contribution in [0.5, 0.6) is 0 Å². The largest absolute Gasteiger partial charge is 0.307 e. The van der Waals surface area contributed by atoms with Crippen molar-refractivity contribution in [2.75, 3.05) is 13.1 Å². The van der Waals surface area contributed by atoms with E-state index in [1.807, 2.05) is 11.3 Å². The summed E-state index contributed by atoms with van der Waals surface area (Å²) in [6.07, 6.45) is 0. The fraction of sp³-hybridized carbons (Fsp3) is 0.471. The molecule has 4 heteroatoms. The van der Waals surface area contributed by atoms with Crippen LogP contribution in [0.1, 0.15) is 34.1 Å². The summed E-state index contributed by atoms with van der Waals surface area (Å²) in [5.74, 6) is 0. The molecule has 0 amide bonds. The second-order valence-corrected chi connectivity index (χ2v) is 7.19. The van der Waals surface area contributed by atoms with Gasteiger partial charge in [0, 0.05) is 30.1 Å². The number of benzene rings is 1. The Balaban J connectivity index is 1.72. The molecule has 2 aromatic rings. The zero-order valence-electron chi connectivity index (χ0n) is 13.0. The molecule has 3 rings (SSSR count). The van der Waals surface area contributed by atoms with Gasteiger partial charge in [0.05, 0.1) is 12.2 Å². The first-order chi connectivity index (χ1) is 10.1. The maximum Gasteiger partial charge on any atom is 0.107 e. The Kier molecular flexibility index (Phi) is 4.38. The van der Waals surface area contributed by atoms with Gasteiger partial charge in [-0.15, -0.1) is 11.3 Å². The first-order valence-corrected chi connectivity index (χ1v) is 8.40. The number of aryl methyl sites for hydroxylation is 2. The molecule has 112 valence electrons. The van der Waals surface area contributed by atoms with Gasteiger partial charge in [-0.25, -0.2) is 4.98 Å². The number of thiazole rings is 1. The summed E-state index contributed by atoms with van der Waals surface area (Å²) in [6.45, 7) is 9.59. The third-order valence-electron chi connectivity index (χ3n) is 4.31. The normalized spacial score (nSPS) is 23.4. The van der Waals surface area contributed by atoms with Gasteiger partial charge in [0.1, 0.15) is 5.01 Å². The average molecular weight is 301 g/mol. The molecule has 1 aromatic carbocycles. The maximum absolute atomic E-state index is 4.69. The van der Waals surface area contributed by atoms with Crippen LogP contribution in [0.3, 0.4) is 0 Å². The van der Waals surface area contributed by atoms with Crippen molar-refractivity contribution in [1.29, 1.82) is 0 Å². The van der Waals surface area contributed by atoms with Gasteiger partial charge in [-0.1, -0.05) is 30.3 Å². The van der Waals surface area contributed by atoms with E-state index in [1.165, 1.54) is 21.1 Å². The molecule has 2 unspecified atom stereocenters. The van der Waals surface area contributed by atoms with Gasteiger partial charge in [0.15, 0.2) is 0 Å². The summed E-state index contributed by atoms with van der Waals surface area (Å²) < 4.78 is 0. The highest BCUT2D eigenvalue weighted by Crippen LogP contribution is 2.24. The van der Waals surface area contributed by atoms with Crippen LogP contribution in [-0.4, -0.2) is 29.0 Å². The van der Waals surface area contributed by atoms with E-state index in [-0.39, 0.29) is 0 Å². The van der Waals surface area contributed by atoms with E-state index in [1.54, 1.807) is 0 Å². The van der Waals surface area contributed by atoms with Crippen molar-refractivity contribution in [1.82, 2.24) is 15.2 Å². The van der Waals surface area contributed by atoms with Crippen molar-refractivity contribution in [3.8, 4) is 0 Å². The number of nitrogens with zero attached hydrogens (tertiary/aromatic N) is 2. The molecule has 0 aliphatic carbocycles. The van der Waals surface area contributed by atoms with Gasteiger partial charge in [-0.05, 0) is 26.3 Å². The molecule has 0 spiro atoms. The van der Waals surface area contributed by atoms with Gasteiger partial charge in [0.25, 0.3) is 0 Å². The molecule has 21 heavy (non-hydrogen) atoms. The molecular formula is C17H23N3S. The van der Waals surface area contributed by atoms with Gasteiger partial charge < -0.3 is 5.32 Å². The van der Waals surface area contributed by atoms with E-state index >= 15 is 0 Å². The molecule has 0 bridgehead atoms. The Labute approximate surface area is 131 Å². The molecule has 2 atom stereocenters. The molecule has 0 radical (unpaired) electrons. The summed E-state index contributed by atoms with van der Waals surface area (Å²) in [7, 11) is 0. The summed E-state index contributed by atoms with van der Waals surface area (Å²) in [5, 5.41) is 4.90. The minimum atomic E-state index is 0.421. The molecule has 1 N–H and O–H groups in total. The first kappa shape index (κ1) is 14.7. The molecule has 1 saturated heterocycles. The van der Waals surface area contributed by atoms with E-state index < -0.39 is 0 Å². The fourth-order valence-corrected chi connectivity index (χ4v) is 3.79. The Morgan fingerprint density at radius 1 is 1.29 bits per heavy atom. The lowest BCUT2D eigenvalue weighted by Crippen LogP contribution is -2.50. The third-order valence-corrected chi connectivity index (χ3v) is 5.37. The topological polar surface area (TPSA) is 28.2 Å². The minimum Gasteiger partial charge on any atom is -0.307 e. The van der Waals surface area contributed by atoms with Crippen LogP contribution in [0.4, 0.5) is 0 Å². The van der Waals surface area contributed by atoms with Crippen LogP contribution < -0.4 is 5.32 Å². The zero-order chi connectivity index (χ0) is 14.8. The first-order valence-electron chi connectivity index (χ1n) is 7.59. The van der Waals surface area contributed by atoms with Gasteiger partial charge in [0.2, 0.25) is 0 Å². The number of rotatable bonds is 3. The van der Waals surface area contributed by atoms with Crippen LogP contribution in [0.15, 0.2) is 30.3 Å². The lowest BCUT2D eigenvalue weighted by Gasteiger charge is -2.38. The van der Waals surface area contributed by atoms with Crippen molar-refractivity contribution in [3.05, 3.63) is 51.5 Å². The quantitative estimate of drug-likeness (QED) is 0.943. The summed E-state index contributed by atoms with van der Waals surface area (Å²) in [5.41, 5.74) is 2.55. The molecule has 0 saturated carbocycles. The van der Waals surface area contributed by atoms with Crippen molar-refractivity contribution in [3.63, 3.8) is 0 Å². The van der Waals surface area contributed by atoms with Gasteiger partial charge >= 0.3 is 0 Å². The van der Waals surface area contributed by atoms with E-state index in [2.05, 4.69) is 61.3 Å². The Bertz CT molecular complexity index is 574. The monoisotopic (exact) mass is 301 g/mol.